The lowest BCUT2D eigenvalue weighted by Crippen LogP contribution is -2.46. The molecule has 0 spiro atoms. The van der Waals surface area contributed by atoms with Crippen molar-refractivity contribution in [3.8, 4) is 11.8 Å². The van der Waals surface area contributed by atoms with Crippen LogP contribution in [-0.2, 0) is 4.74 Å². The molecule has 1 aliphatic heterocycles. The van der Waals surface area contributed by atoms with Gasteiger partial charge < -0.3 is 19.7 Å². The number of carbonyl (C=O) groups is 1. The molecule has 2 aromatic rings. The van der Waals surface area contributed by atoms with Crippen molar-refractivity contribution in [2.45, 2.75) is 45.3 Å². The van der Waals surface area contributed by atoms with Gasteiger partial charge in [-0.25, -0.2) is 4.79 Å². The number of rotatable bonds is 5. The quantitative estimate of drug-likeness (QED) is 0.719. The number of hydrogen-bond donors (Lipinski definition) is 2. The third kappa shape index (κ3) is 5.94. The molecule has 1 atom stereocenters. The van der Waals surface area contributed by atoms with Gasteiger partial charge in [0, 0.05) is 24.5 Å². The summed E-state index contributed by atoms with van der Waals surface area (Å²) >= 11 is 0. The summed E-state index contributed by atoms with van der Waals surface area (Å²) in [6, 6.07) is 9.40. The molecule has 3 rings (SSSR count). The maximum atomic E-state index is 12.3. The molecule has 1 saturated heterocycles. The van der Waals surface area contributed by atoms with E-state index in [2.05, 4.69) is 25.9 Å². The van der Waals surface area contributed by atoms with Crippen LogP contribution >= 0.6 is 0 Å². The van der Waals surface area contributed by atoms with Gasteiger partial charge in [0.15, 0.2) is 0 Å². The standard InChI is InChI=1S/C20H25N7O3/c1-20(2,3)30-19(28)27-9-5-8-17(13-27)29-16-7-4-6-15(10-16)22-12-14(11-21)18-23-25-26-24-18/h4,6-7,10,12,17,22H,5,8-9,13H2,1-3H3,(H,23,24,25,26). The fourth-order valence-corrected chi connectivity index (χ4v) is 2.96. The lowest BCUT2D eigenvalue weighted by molar-refractivity contribution is 0.00776. The van der Waals surface area contributed by atoms with Crippen molar-refractivity contribution in [2.24, 2.45) is 0 Å². The fourth-order valence-electron chi connectivity index (χ4n) is 2.96. The Morgan fingerprint density at radius 1 is 1.43 bits per heavy atom. The molecule has 10 nitrogen and oxygen atoms in total. The van der Waals surface area contributed by atoms with Crippen LogP contribution in [0.3, 0.4) is 0 Å². The smallest absolute Gasteiger partial charge is 0.410 e. The van der Waals surface area contributed by atoms with Crippen LogP contribution in [0.1, 0.15) is 39.4 Å². The van der Waals surface area contributed by atoms with Gasteiger partial charge in [0.25, 0.3) is 0 Å². The molecule has 1 amide bonds. The predicted molar refractivity (Wildman–Crippen MR) is 109 cm³/mol. The van der Waals surface area contributed by atoms with Gasteiger partial charge in [0.2, 0.25) is 5.82 Å². The van der Waals surface area contributed by atoms with Crippen LogP contribution in [0.2, 0.25) is 0 Å². The van der Waals surface area contributed by atoms with Crippen LogP contribution in [0.25, 0.3) is 5.57 Å². The maximum Gasteiger partial charge on any atom is 0.410 e. The molecule has 1 fully saturated rings. The first-order valence-corrected chi connectivity index (χ1v) is 9.69. The minimum atomic E-state index is -0.526. The van der Waals surface area contributed by atoms with E-state index in [1.54, 1.807) is 4.90 Å². The third-order valence-electron chi connectivity index (χ3n) is 4.26. The highest BCUT2D eigenvalue weighted by atomic mass is 16.6. The number of hydrogen-bond acceptors (Lipinski definition) is 8. The molecule has 1 aliphatic rings. The minimum Gasteiger partial charge on any atom is -0.489 e. The van der Waals surface area contributed by atoms with Crippen molar-refractivity contribution < 1.29 is 14.3 Å². The Bertz CT molecular complexity index is 929. The number of piperidine rings is 1. The summed E-state index contributed by atoms with van der Waals surface area (Å²) < 4.78 is 11.6. The summed E-state index contributed by atoms with van der Waals surface area (Å²) in [7, 11) is 0. The molecule has 1 aromatic heterocycles. The Kier molecular flexibility index (Phi) is 6.51. The summed E-state index contributed by atoms with van der Waals surface area (Å²) in [5.41, 5.74) is 0.459. The van der Waals surface area contributed by atoms with E-state index in [4.69, 9.17) is 9.47 Å². The number of allylic oxidation sites excluding steroid dienone is 1. The lowest BCUT2D eigenvalue weighted by atomic mass is 10.1. The van der Waals surface area contributed by atoms with Crippen molar-refractivity contribution >= 4 is 17.4 Å². The Hall–Kier alpha value is -3.61. The third-order valence-corrected chi connectivity index (χ3v) is 4.26. The van der Waals surface area contributed by atoms with E-state index < -0.39 is 5.60 Å². The Labute approximate surface area is 174 Å². The fraction of sp³-hybridized carbons (Fsp3) is 0.450. The van der Waals surface area contributed by atoms with E-state index in [9.17, 15) is 10.1 Å². The van der Waals surface area contributed by atoms with Crippen LogP contribution in [0, 0.1) is 11.3 Å². The number of tetrazole rings is 1. The minimum absolute atomic E-state index is 0.119. The number of aromatic amines is 1. The summed E-state index contributed by atoms with van der Waals surface area (Å²) in [5, 5.41) is 25.6. The van der Waals surface area contributed by atoms with Gasteiger partial charge in [-0.2, -0.15) is 10.5 Å². The van der Waals surface area contributed by atoms with Crippen molar-refractivity contribution in [1.29, 1.82) is 5.26 Å². The zero-order valence-corrected chi connectivity index (χ0v) is 17.3. The topological polar surface area (TPSA) is 129 Å². The number of benzene rings is 1. The van der Waals surface area contributed by atoms with Gasteiger partial charge in [0.05, 0.1) is 6.54 Å². The van der Waals surface area contributed by atoms with Crippen molar-refractivity contribution in [1.82, 2.24) is 25.5 Å². The monoisotopic (exact) mass is 411 g/mol. The van der Waals surface area contributed by atoms with E-state index in [-0.39, 0.29) is 23.6 Å². The number of ether oxygens (including phenoxy) is 2. The highest BCUT2D eigenvalue weighted by molar-refractivity contribution is 5.74. The Morgan fingerprint density at radius 3 is 2.97 bits per heavy atom. The zero-order chi connectivity index (χ0) is 21.6. The molecule has 10 heteroatoms. The highest BCUT2D eigenvalue weighted by Crippen LogP contribution is 2.23. The van der Waals surface area contributed by atoms with E-state index >= 15 is 0 Å². The molecule has 2 heterocycles. The van der Waals surface area contributed by atoms with Gasteiger partial charge in [-0.15, -0.1) is 10.2 Å². The molecule has 1 unspecified atom stereocenters. The van der Waals surface area contributed by atoms with Crippen molar-refractivity contribution in [2.75, 3.05) is 18.4 Å². The molecular weight excluding hydrogens is 386 g/mol. The molecule has 158 valence electrons. The van der Waals surface area contributed by atoms with Gasteiger partial charge >= 0.3 is 6.09 Å². The first kappa shape index (κ1) is 21.1. The molecule has 1 aromatic carbocycles. The summed E-state index contributed by atoms with van der Waals surface area (Å²) in [5.74, 6) is 0.879. The molecule has 0 saturated carbocycles. The summed E-state index contributed by atoms with van der Waals surface area (Å²) in [6.45, 7) is 6.70. The number of carbonyl (C=O) groups excluding carboxylic acids is 1. The van der Waals surface area contributed by atoms with Crippen LogP contribution in [0.5, 0.6) is 5.75 Å². The second-order valence-electron chi connectivity index (χ2n) is 7.89. The number of nitriles is 1. The number of likely N-dealkylation sites (tertiary alicyclic amines) is 1. The first-order chi connectivity index (χ1) is 14.3. The van der Waals surface area contributed by atoms with Gasteiger partial charge in [-0.1, -0.05) is 6.07 Å². The summed E-state index contributed by atoms with van der Waals surface area (Å²) in [4.78, 5) is 14.0. The number of amides is 1. The van der Waals surface area contributed by atoms with E-state index in [0.717, 1.165) is 18.5 Å². The number of anilines is 1. The Balaban J connectivity index is 1.61. The molecule has 30 heavy (non-hydrogen) atoms. The predicted octanol–water partition coefficient (Wildman–Crippen LogP) is 2.95. The van der Waals surface area contributed by atoms with E-state index in [1.807, 2.05) is 51.1 Å². The first-order valence-electron chi connectivity index (χ1n) is 9.69. The second kappa shape index (κ2) is 9.26. The van der Waals surface area contributed by atoms with Crippen molar-refractivity contribution in [3.63, 3.8) is 0 Å². The molecule has 0 radical (unpaired) electrons. The second-order valence-corrected chi connectivity index (χ2v) is 7.89. The molecule has 0 bridgehead atoms. The number of nitrogens with zero attached hydrogens (tertiary/aromatic N) is 5. The van der Waals surface area contributed by atoms with Gasteiger partial charge in [-0.3, -0.25) is 0 Å². The molecular formula is C20H25N7O3. The number of nitrogens with one attached hydrogen (secondary N) is 2. The molecule has 0 aliphatic carbocycles. The van der Waals surface area contributed by atoms with E-state index in [1.165, 1.54) is 6.20 Å². The SMILES string of the molecule is CC(C)(C)OC(=O)N1CCCC(Oc2cccc(NC=C(C#N)c3nn[nH]n3)c2)C1. The summed E-state index contributed by atoms with van der Waals surface area (Å²) in [6.07, 6.45) is 2.77. The van der Waals surface area contributed by atoms with E-state index in [0.29, 0.717) is 18.8 Å². The average Bonchev–Trinajstić information content (AvgIpc) is 3.22. The van der Waals surface area contributed by atoms with Crippen molar-refractivity contribution in [3.05, 3.63) is 36.3 Å². The zero-order valence-electron chi connectivity index (χ0n) is 17.3. The number of H-pyrrole nitrogens is 1. The lowest BCUT2D eigenvalue weighted by Gasteiger charge is -2.34. The van der Waals surface area contributed by atoms with Crippen LogP contribution in [0.4, 0.5) is 10.5 Å². The average molecular weight is 411 g/mol. The normalized spacial score (nSPS) is 17.2. The van der Waals surface area contributed by atoms with Gasteiger partial charge in [-0.05, 0) is 51.0 Å². The Morgan fingerprint density at radius 2 is 2.27 bits per heavy atom. The molecule has 2 N–H and O–H groups in total. The van der Waals surface area contributed by atoms with Crippen LogP contribution in [0.15, 0.2) is 30.5 Å². The maximum absolute atomic E-state index is 12.3. The van der Waals surface area contributed by atoms with Crippen LogP contribution < -0.4 is 10.1 Å². The van der Waals surface area contributed by atoms with Crippen LogP contribution in [-0.4, -0.2) is 56.4 Å². The largest absolute Gasteiger partial charge is 0.489 e. The number of aromatic nitrogens is 4. The van der Waals surface area contributed by atoms with Gasteiger partial charge in [0.1, 0.15) is 29.1 Å². The highest BCUT2D eigenvalue weighted by Gasteiger charge is 2.28.